The first-order valence-corrected chi connectivity index (χ1v) is 3.90. The second kappa shape index (κ2) is 2.75. The van der Waals surface area contributed by atoms with Gasteiger partial charge in [-0.1, -0.05) is 5.92 Å². The van der Waals surface area contributed by atoms with Crippen LogP contribution in [0, 0.1) is 11.8 Å². The Morgan fingerprint density at radius 3 is 3.00 bits per heavy atom. The Kier molecular flexibility index (Phi) is 1.60. The van der Waals surface area contributed by atoms with E-state index in [1.807, 2.05) is 19.2 Å². The first-order chi connectivity index (χ1) is 5.90. The third-order valence-electron chi connectivity index (χ3n) is 1.82. The lowest BCUT2D eigenvalue weighted by Gasteiger charge is -1.90. The lowest BCUT2D eigenvalue weighted by atomic mass is 10.2. The van der Waals surface area contributed by atoms with E-state index in [2.05, 4.69) is 35.0 Å². The van der Waals surface area contributed by atoms with E-state index in [1.54, 1.807) is 0 Å². The summed E-state index contributed by atoms with van der Waals surface area (Å²) in [5, 5.41) is 1.22. The van der Waals surface area contributed by atoms with Crippen LogP contribution in [0.15, 0.2) is 30.5 Å². The quantitative estimate of drug-likeness (QED) is 0.563. The van der Waals surface area contributed by atoms with Crippen LogP contribution in [0.4, 0.5) is 0 Å². The average Bonchev–Trinajstić information content (AvgIpc) is 2.51. The molecule has 0 aliphatic rings. The summed E-state index contributed by atoms with van der Waals surface area (Å²) in [7, 11) is 0. The average molecular weight is 155 g/mol. The predicted molar refractivity (Wildman–Crippen MR) is 50.9 cm³/mol. The van der Waals surface area contributed by atoms with Gasteiger partial charge in [-0.2, -0.15) is 0 Å². The zero-order valence-corrected chi connectivity index (χ0v) is 6.89. The molecule has 0 aliphatic carbocycles. The second-order valence-corrected chi connectivity index (χ2v) is 2.65. The third kappa shape index (κ3) is 1.08. The van der Waals surface area contributed by atoms with Gasteiger partial charge in [0.2, 0.25) is 0 Å². The molecule has 0 radical (unpaired) electrons. The van der Waals surface area contributed by atoms with Crippen LogP contribution < -0.4 is 0 Å². The van der Waals surface area contributed by atoms with E-state index in [-0.39, 0.29) is 0 Å². The molecule has 0 amide bonds. The number of nitrogens with one attached hydrogen (secondary N) is 1. The number of benzene rings is 1. The van der Waals surface area contributed by atoms with Crippen LogP contribution in [0.1, 0.15) is 12.5 Å². The van der Waals surface area contributed by atoms with Gasteiger partial charge in [0.15, 0.2) is 0 Å². The van der Waals surface area contributed by atoms with Gasteiger partial charge in [0.25, 0.3) is 0 Å². The van der Waals surface area contributed by atoms with Gasteiger partial charge in [0.1, 0.15) is 0 Å². The van der Waals surface area contributed by atoms with Gasteiger partial charge < -0.3 is 4.98 Å². The molecule has 1 nitrogen and oxygen atoms in total. The summed E-state index contributed by atoms with van der Waals surface area (Å²) in [6.07, 6.45) is 1.94. The van der Waals surface area contributed by atoms with Crippen molar-refractivity contribution in [3.05, 3.63) is 36.0 Å². The molecule has 0 spiro atoms. The molecular formula is C11H9N. The Hall–Kier alpha value is -1.68. The SMILES string of the molecule is CC#Cc1ccc2[nH]ccc2c1. The smallest absolute Gasteiger partial charge is 0.0454 e. The second-order valence-electron chi connectivity index (χ2n) is 2.65. The van der Waals surface area contributed by atoms with Crippen molar-refractivity contribution in [1.29, 1.82) is 0 Å². The molecule has 1 heterocycles. The van der Waals surface area contributed by atoms with Gasteiger partial charge in [0.05, 0.1) is 0 Å². The predicted octanol–water partition coefficient (Wildman–Crippen LogP) is 2.54. The van der Waals surface area contributed by atoms with Crippen LogP contribution in [-0.4, -0.2) is 4.98 Å². The molecule has 0 saturated heterocycles. The van der Waals surface area contributed by atoms with Gasteiger partial charge in [-0.05, 0) is 31.2 Å². The summed E-state index contributed by atoms with van der Waals surface area (Å²) < 4.78 is 0. The topological polar surface area (TPSA) is 15.8 Å². The van der Waals surface area contributed by atoms with Crippen molar-refractivity contribution in [2.45, 2.75) is 6.92 Å². The van der Waals surface area contributed by atoms with Gasteiger partial charge in [-0.25, -0.2) is 0 Å². The normalized spacial score (nSPS) is 9.42. The molecule has 1 heteroatoms. The first-order valence-electron chi connectivity index (χ1n) is 3.90. The van der Waals surface area contributed by atoms with E-state index in [9.17, 15) is 0 Å². The summed E-state index contributed by atoms with van der Waals surface area (Å²) in [4.78, 5) is 3.14. The van der Waals surface area contributed by atoms with Crippen molar-refractivity contribution in [2.24, 2.45) is 0 Å². The summed E-state index contributed by atoms with van der Waals surface area (Å²) >= 11 is 0. The van der Waals surface area contributed by atoms with Crippen LogP contribution in [0.25, 0.3) is 10.9 Å². The Balaban J connectivity index is 2.65. The number of hydrogen-bond donors (Lipinski definition) is 1. The monoisotopic (exact) mass is 155 g/mol. The standard InChI is InChI=1S/C11H9N/c1-2-3-9-4-5-11-10(8-9)6-7-12-11/h4-8,12H,1H3. The lowest BCUT2D eigenvalue weighted by Crippen LogP contribution is -1.72. The fraction of sp³-hybridized carbons (Fsp3) is 0.0909. The summed E-state index contributed by atoms with van der Waals surface area (Å²) in [5.74, 6) is 5.91. The first kappa shape index (κ1) is 7.00. The summed E-state index contributed by atoms with van der Waals surface area (Å²) in [6, 6.07) is 8.21. The maximum Gasteiger partial charge on any atom is 0.0454 e. The van der Waals surface area contributed by atoms with Gasteiger partial charge in [-0.3, -0.25) is 0 Å². The molecule has 0 unspecified atom stereocenters. The maximum absolute atomic E-state index is 3.14. The van der Waals surface area contributed by atoms with Crippen molar-refractivity contribution in [3.63, 3.8) is 0 Å². The third-order valence-corrected chi connectivity index (χ3v) is 1.82. The van der Waals surface area contributed by atoms with Crippen molar-refractivity contribution < 1.29 is 0 Å². The zero-order chi connectivity index (χ0) is 8.39. The van der Waals surface area contributed by atoms with Crippen molar-refractivity contribution in [3.8, 4) is 11.8 Å². The molecule has 12 heavy (non-hydrogen) atoms. The van der Waals surface area contributed by atoms with Crippen LogP contribution in [0.5, 0.6) is 0 Å². The molecule has 2 rings (SSSR count). The minimum absolute atomic E-state index is 1.07. The number of H-pyrrole nitrogens is 1. The van der Waals surface area contributed by atoms with E-state index in [0.717, 1.165) is 11.1 Å². The highest BCUT2D eigenvalue weighted by atomic mass is 14.7. The van der Waals surface area contributed by atoms with E-state index >= 15 is 0 Å². The maximum atomic E-state index is 3.14. The van der Waals surface area contributed by atoms with Crippen LogP contribution >= 0.6 is 0 Å². The minimum Gasteiger partial charge on any atom is -0.361 e. The van der Waals surface area contributed by atoms with Gasteiger partial charge in [0, 0.05) is 22.7 Å². The Morgan fingerprint density at radius 2 is 2.17 bits per heavy atom. The van der Waals surface area contributed by atoms with Crippen molar-refractivity contribution in [1.82, 2.24) is 4.98 Å². The largest absolute Gasteiger partial charge is 0.361 e. The van der Waals surface area contributed by atoms with Crippen LogP contribution in [0.2, 0.25) is 0 Å². The van der Waals surface area contributed by atoms with Gasteiger partial charge in [-0.15, -0.1) is 5.92 Å². The molecule has 2 aromatic rings. The Morgan fingerprint density at radius 1 is 1.25 bits per heavy atom. The highest BCUT2D eigenvalue weighted by Crippen LogP contribution is 2.13. The molecule has 1 N–H and O–H groups in total. The molecular weight excluding hydrogens is 146 g/mol. The van der Waals surface area contributed by atoms with Crippen LogP contribution in [0.3, 0.4) is 0 Å². The lowest BCUT2D eigenvalue weighted by molar-refractivity contribution is 1.48. The highest BCUT2D eigenvalue weighted by molar-refractivity contribution is 5.80. The molecule has 1 aromatic carbocycles. The fourth-order valence-electron chi connectivity index (χ4n) is 1.28. The fourth-order valence-corrected chi connectivity index (χ4v) is 1.28. The molecule has 0 fully saturated rings. The Labute approximate surface area is 71.4 Å². The number of rotatable bonds is 0. The number of fused-ring (bicyclic) bond motifs is 1. The summed E-state index contributed by atoms with van der Waals surface area (Å²) in [6.45, 7) is 1.85. The number of aromatic nitrogens is 1. The van der Waals surface area contributed by atoms with Crippen LogP contribution in [-0.2, 0) is 0 Å². The zero-order valence-electron chi connectivity index (χ0n) is 6.89. The molecule has 0 saturated carbocycles. The molecule has 0 aliphatic heterocycles. The van der Waals surface area contributed by atoms with Gasteiger partial charge >= 0.3 is 0 Å². The van der Waals surface area contributed by atoms with E-state index in [1.165, 1.54) is 5.39 Å². The Bertz CT molecular complexity index is 454. The highest BCUT2D eigenvalue weighted by Gasteiger charge is 1.93. The molecule has 58 valence electrons. The van der Waals surface area contributed by atoms with Crippen molar-refractivity contribution in [2.75, 3.05) is 0 Å². The number of aromatic amines is 1. The van der Waals surface area contributed by atoms with E-state index < -0.39 is 0 Å². The number of hydrogen-bond acceptors (Lipinski definition) is 0. The summed E-state index contributed by atoms with van der Waals surface area (Å²) in [5.41, 5.74) is 2.24. The molecule has 0 atom stereocenters. The van der Waals surface area contributed by atoms with E-state index in [0.29, 0.717) is 0 Å². The van der Waals surface area contributed by atoms with E-state index in [4.69, 9.17) is 0 Å². The van der Waals surface area contributed by atoms with Crippen molar-refractivity contribution >= 4 is 10.9 Å². The molecule has 0 bridgehead atoms. The molecule has 1 aromatic heterocycles. The minimum atomic E-state index is 1.07.